The molecule has 3 aromatic rings. The van der Waals surface area contributed by atoms with E-state index in [1.165, 1.54) is 52.0 Å². The third-order valence-corrected chi connectivity index (χ3v) is 7.65. The summed E-state index contributed by atoms with van der Waals surface area (Å²) in [5.74, 6) is -0.229. The molecule has 8 nitrogen and oxygen atoms in total. The summed E-state index contributed by atoms with van der Waals surface area (Å²) in [6.07, 6.45) is -0.539. The van der Waals surface area contributed by atoms with E-state index in [0.717, 1.165) is 25.0 Å². The number of benzene rings is 2. The van der Waals surface area contributed by atoms with Gasteiger partial charge >= 0.3 is 6.18 Å². The molecule has 1 aliphatic heterocycles. The first-order valence-electron chi connectivity index (χ1n) is 10.5. The molecule has 1 fully saturated rings. The number of halogens is 3. The van der Waals surface area contributed by atoms with E-state index in [2.05, 4.69) is 22.3 Å². The van der Waals surface area contributed by atoms with Crippen LogP contribution in [0.5, 0.6) is 0 Å². The third-order valence-electron chi connectivity index (χ3n) is 5.73. The maximum atomic E-state index is 13.2. The minimum Gasteiger partial charge on any atom is -0.320 e. The predicted molar refractivity (Wildman–Crippen MR) is 118 cm³/mol. The Morgan fingerprint density at radius 3 is 2.35 bits per heavy atom. The van der Waals surface area contributed by atoms with Gasteiger partial charge in [-0.25, -0.2) is 18.1 Å². The van der Waals surface area contributed by atoms with Crippen molar-refractivity contribution in [2.45, 2.75) is 30.8 Å². The van der Waals surface area contributed by atoms with E-state index in [0.29, 0.717) is 19.0 Å². The highest BCUT2D eigenvalue weighted by Gasteiger charge is 2.32. The van der Waals surface area contributed by atoms with Gasteiger partial charge in [-0.3, -0.25) is 4.79 Å². The number of carbonyl (C=O) groups excluding carboxylic acids is 1. The Kier molecular flexibility index (Phi) is 6.45. The molecule has 4 rings (SSSR count). The SMILES string of the molecule is CC1CCN(S(=O)(=O)c2ccc(C(=O)Nc3cc(C(F)(F)F)ccc3-n3cncn3)cc2)CC1. The summed E-state index contributed by atoms with van der Waals surface area (Å²) in [5, 5.41) is 6.37. The maximum absolute atomic E-state index is 13.2. The number of carbonyl (C=O) groups is 1. The Morgan fingerprint density at radius 2 is 1.76 bits per heavy atom. The van der Waals surface area contributed by atoms with Crippen molar-refractivity contribution >= 4 is 21.6 Å². The lowest BCUT2D eigenvalue weighted by atomic mass is 10.0. The highest BCUT2D eigenvalue weighted by molar-refractivity contribution is 7.89. The van der Waals surface area contributed by atoms with E-state index in [1.54, 1.807) is 0 Å². The van der Waals surface area contributed by atoms with Gasteiger partial charge in [0.05, 0.1) is 21.8 Å². The van der Waals surface area contributed by atoms with Crippen LogP contribution in [0, 0.1) is 5.92 Å². The Bertz CT molecular complexity index is 1270. The highest BCUT2D eigenvalue weighted by Crippen LogP contribution is 2.33. The minimum absolute atomic E-state index is 0.0565. The number of sulfonamides is 1. The molecule has 1 saturated heterocycles. The molecule has 1 aromatic heterocycles. The monoisotopic (exact) mass is 493 g/mol. The average molecular weight is 494 g/mol. The minimum atomic E-state index is -4.61. The number of anilines is 1. The molecular formula is C22H22F3N5O3S. The van der Waals surface area contributed by atoms with Crippen molar-refractivity contribution in [1.29, 1.82) is 0 Å². The molecule has 2 aromatic carbocycles. The van der Waals surface area contributed by atoms with Gasteiger partial charge in [-0.1, -0.05) is 6.92 Å². The van der Waals surface area contributed by atoms with Crippen molar-refractivity contribution in [3.63, 3.8) is 0 Å². The molecule has 0 bridgehead atoms. The fourth-order valence-electron chi connectivity index (χ4n) is 3.69. The molecule has 2 heterocycles. The summed E-state index contributed by atoms with van der Waals surface area (Å²) in [6.45, 7) is 2.95. The molecule has 0 unspecified atom stereocenters. The van der Waals surface area contributed by atoms with Crippen LogP contribution in [0.2, 0.25) is 0 Å². The fraction of sp³-hybridized carbons (Fsp3) is 0.318. The number of hydrogen-bond donors (Lipinski definition) is 1. The van der Waals surface area contributed by atoms with E-state index in [4.69, 9.17) is 0 Å². The standard InChI is InChI=1S/C22H22F3N5O3S/c1-15-8-10-29(11-9-15)34(32,33)18-5-2-16(3-6-18)21(31)28-19-12-17(22(23,24)25)4-7-20(19)30-14-26-13-27-30/h2-7,12-15H,8-11H2,1H3,(H,28,31). The Balaban J connectivity index is 1.57. The number of piperidine rings is 1. The number of nitrogens with one attached hydrogen (secondary N) is 1. The maximum Gasteiger partial charge on any atom is 0.416 e. The first-order valence-corrected chi connectivity index (χ1v) is 12.0. The average Bonchev–Trinajstić information content (AvgIpc) is 3.33. The quantitative estimate of drug-likeness (QED) is 0.580. The molecule has 0 spiro atoms. The second kappa shape index (κ2) is 9.18. The second-order valence-electron chi connectivity index (χ2n) is 8.13. The summed E-state index contributed by atoms with van der Waals surface area (Å²) < 4.78 is 68.1. The van der Waals surface area contributed by atoms with Crippen LogP contribution in [0.1, 0.15) is 35.7 Å². The van der Waals surface area contributed by atoms with Gasteiger partial charge in [0.1, 0.15) is 12.7 Å². The largest absolute Gasteiger partial charge is 0.416 e. The normalized spacial score (nSPS) is 15.9. The van der Waals surface area contributed by atoms with Crippen LogP contribution in [-0.4, -0.2) is 46.5 Å². The van der Waals surface area contributed by atoms with Crippen molar-refractivity contribution in [1.82, 2.24) is 19.1 Å². The zero-order valence-corrected chi connectivity index (χ0v) is 19.0. The molecule has 0 radical (unpaired) electrons. The van der Waals surface area contributed by atoms with Gasteiger partial charge < -0.3 is 5.32 Å². The number of nitrogens with zero attached hydrogens (tertiary/aromatic N) is 4. The Labute approximate surface area is 194 Å². The Hall–Kier alpha value is -3.25. The van der Waals surface area contributed by atoms with Crippen LogP contribution in [0.15, 0.2) is 60.0 Å². The van der Waals surface area contributed by atoms with E-state index in [9.17, 15) is 26.4 Å². The zero-order chi connectivity index (χ0) is 24.5. The molecule has 0 saturated carbocycles. The van der Waals surface area contributed by atoms with Gasteiger partial charge in [-0.15, -0.1) is 0 Å². The summed E-state index contributed by atoms with van der Waals surface area (Å²) in [5.41, 5.74) is -0.779. The molecule has 1 amide bonds. The van der Waals surface area contributed by atoms with Gasteiger partial charge in [0.15, 0.2) is 0 Å². The van der Waals surface area contributed by atoms with Gasteiger partial charge in [-0.05, 0) is 61.2 Å². The lowest BCUT2D eigenvalue weighted by Crippen LogP contribution is -2.37. The smallest absolute Gasteiger partial charge is 0.320 e. The molecule has 1 aliphatic rings. The van der Waals surface area contributed by atoms with Crippen LogP contribution < -0.4 is 5.32 Å². The van der Waals surface area contributed by atoms with Gasteiger partial charge in [0, 0.05) is 18.7 Å². The molecule has 34 heavy (non-hydrogen) atoms. The molecule has 0 atom stereocenters. The van der Waals surface area contributed by atoms with Crippen molar-refractivity contribution in [2.24, 2.45) is 5.92 Å². The number of alkyl halides is 3. The number of amides is 1. The first kappa shape index (κ1) is 23.9. The van der Waals surface area contributed by atoms with Gasteiger partial charge in [0.2, 0.25) is 10.0 Å². The molecule has 180 valence electrons. The molecule has 1 N–H and O–H groups in total. The van der Waals surface area contributed by atoms with Gasteiger partial charge in [-0.2, -0.15) is 22.6 Å². The van der Waals surface area contributed by atoms with Crippen LogP contribution in [0.4, 0.5) is 18.9 Å². The van der Waals surface area contributed by atoms with E-state index >= 15 is 0 Å². The third kappa shape index (κ3) is 4.97. The first-order chi connectivity index (χ1) is 16.1. The lowest BCUT2D eigenvalue weighted by Gasteiger charge is -2.29. The Morgan fingerprint density at radius 1 is 1.09 bits per heavy atom. The van der Waals surface area contributed by atoms with Crippen LogP contribution in [0.25, 0.3) is 5.69 Å². The zero-order valence-electron chi connectivity index (χ0n) is 18.2. The van der Waals surface area contributed by atoms with Crippen LogP contribution in [-0.2, 0) is 16.2 Å². The van der Waals surface area contributed by atoms with Crippen LogP contribution >= 0.6 is 0 Å². The second-order valence-corrected chi connectivity index (χ2v) is 10.1. The predicted octanol–water partition coefficient (Wildman–Crippen LogP) is 3.96. The molecular weight excluding hydrogens is 471 g/mol. The van der Waals surface area contributed by atoms with E-state index < -0.39 is 27.7 Å². The van der Waals surface area contributed by atoms with Gasteiger partial charge in [0.25, 0.3) is 5.91 Å². The summed E-state index contributed by atoms with van der Waals surface area (Å²) in [6, 6.07) is 8.19. The van der Waals surface area contributed by atoms with Crippen molar-refractivity contribution in [3.05, 3.63) is 66.2 Å². The summed E-state index contributed by atoms with van der Waals surface area (Å²) >= 11 is 0. The van der Waals surface area contributed by atoms with Crippen molar-refractivity contribution < 1.29 is 26.4 Å². The number of aromatic nitrogens is 3. The lowest BCUT2D eigenvalue weighted by molar-refractivity contribution is -0.137. The van der Waals surface area contributed by atoms with E-state index in [-0.39, 0.29) is 21.8 Å². The van der Waals surface area contributed by atoms with Crippen molar-refractivity contribution in [2.75, 3.05) is 18.4 Å². The topological polar surface area (TPSA) is 97.2 Å². The van der Waals surface area contributed by atoms with E-state index in [1.807, 2.05) is 0 Å². The molecule has 12 heteroatoms. The molecule has 0 aliphatic carbocycles. The van der Waals surface area contributed by atoms with Crippen LogP contribution in [0.3, 0.4) is 0 Å². The number of rotatable bonds is 5. The summed E-state index contributed by atoms with van der Waals surface area (Å²) in [7, 11) is -3.69. The number of hydrogen-bond acceptors (Lipinski definition) is 5. The highest BCUT2D eigenvalue weighted by atomic mass is 32.2. The fourth-order valence-corrected chi connectivity index (χ4v) is 5.16. The van der Waals surface area contributed by atoms with Crippen molar-refractivity contribution in [3.8, 4) is 5.69 Å². The summed E-state index contributed by atoms with van der Waals surface area (Å²) in [4.78, 5) is 16.6.